The molecule has 1 aromatic heterocycles. The molecule has 0 saturated heterocycles. The van der Waals surface area contributed by atoms with E-state index in [2.05, 4.69) is 22.5 Å². The molecular weight excluding hydrogens is 486 g/mol. The summed E-state index contributed by atoms with van der Waals surface area (Å²) in [6, 6.07) is 12.8. The van der Waals surface area contributed by atoms with Crippen molar-refractivity contribution in [2.75, 3.05) is 18.5 Å². The molecule has 0 aliphatic heterocycles. The second kappa shape index (κ2) is 22.0. The Labute approximate surface area is 236 Å². The van der Waals surface area contributed by atoms with E-state index < -0.39 is 0 Å². The van der Waals surface area contributed by atoms with E-state index in [1.165, 1.54) is 89.9 Å². The molecule has 1 heterocycles. The smallest absolute Gasteiger partial charge is 0.407 e. The number of nitrogens with zero attached hydrogens (tertiary/aromatic N) is 1. The van der Waals surface area contributed by atoms with E-state index in [9.17, 15) is 9.59 Å². The molecule has 0 fully saturated rings. The van der Waals surface area contributed by atoms with Crippen LogP contribution in [-0.2, 0) is 11.2 Å². The van der Waals surface area contributed by atoms with Gasteiger partial charge >= 0.3 is 6.09 Å². The van der Waals surface area contributed by atoms with Crippen LogP contribution in [0.25, 0.3) is 0 Å². The van der Waals surface area contributed by atoms with Crippen molar-refractivity contribution in [3.63, 3.8) is 0 Å². The number of aromatic nitrogens is 1. The summed E-state index contributed by atoms with van der Waals surface area (Å²) < 4.78 is 5.30. The molecule has 0 atom stereocenters. The number of hydrogen-bond acceptors (Lipinski definition) is 4. The van der Waals surface area contributed by atoms with Crippen molar-refractivity contribution >= 4 is 17.7 Å². The number of ether oxygens (including phenoxy) is 1. The Morgan fingerprint density at radius 3 is 1.82 bits per heavy atom. The fourth-order valence-corrected chi connectivity index (χ4v) is 4.62. The third kappa shape index (κ3) is 16.6. The minimum atomic E-state index is -0.352. The monoisotopic (exact) mass is 537 g/mol. The Morgan fingerprint density at radius 1 is 0.718 bits per heavy atom. The molecule has 0 radical (unpaired) electrons. The highest BCUT2D eigenvalue weighted by molar-refractivity contribution is 6.02. The van der Waals surface area contributed by atoms with Gasteiger partial charge in [0.1, 0.15) is 5.69 Å². The van der Waals surface area contributed by atoms with Crippen molar-refractivity contribution in [3.8, 4) is 0 Å². The summed E-state index contributed by atoms with van der Waals surface area (Å²) in [7, 11) is 0. The molecule has 6 nitrogen and oxygen atoms in total. The molecule has 0 aliphatic rings. The maximum atomic E-state index is 12.2. The maximum absolute atomic E-state index is 12.2. The highest BCUT2D eigenvalue weighted by atomic mass is 16.5. The number of pyridine rings is 1. The zero-order valence-electron chi connectivity index (χ0n) is 24.2. The molecule has 2 amide bonds. The summed E-state index contributed by atoms with van der Waals surface area (Å²) in [5, 5.41) is 5.68. The zero-order valence-corrected chi connectivity index (χ0v) is 24.2. The van der Waals surface area contributed by atoms with Gasteiger partial charge in [-0.3, -0.25) is 9.78 Å². The highest BCUT2D eigenvalue weighted by Gasteiger charge is 2.07. The molecule has 0 saturated carbocycles. The van der Waals surface area contributed by atoms with E-state index in [0.29, 0.717) is 31.0 Å². The second-order valence-corrected chi connectivity index (χ2v) is 10.5. The Morgan fingerprint density at radius 2 is 1.28 bits per heavy atom. The predicted octanol–water partition coefficient (Wildman–Crippen LogP) is 8.86. The maximum Gasteiger partial charge on any atom is 0.407 e. The van der Waals surface area contributed by atoms with Gasteiger partial charge in [-0.05, 0) is 36.2 Å². The lowest BCUT2D eigenvalue weighted by Crippen LogP contribution is -2.26. The molecule has 6 heteroatoms. The molecule has 0 bridgehead atoms. The van der Waals surface area contributed by atoms with Crippen LogP contribution < -0.4 is 10.6 Å². The van der Waals surface area contributed by atoms with E-state index in [4.69, 9.17) is 4.74 Å². The predicted molar refractivity (Wildman–Crippen MR) is 161 cm³/mol. The van der Waals surface area contributed by atoms with Crippen molar-refractivity contribution in [3.05, 3.63) is 59.9 Å². The van der Waals surface area contributed by atoms with Crippen LogP contribution in [-0.4, -0.2) is 30.1 Å². The fraction of sp³-hybridized carbons (Fsp3) is 0.606. The molecule has 39 heavy (non-hydrogen) atoms. The molecule has 2 N–H and O–H groups in total. The van der Waals surface area contributed by atoms with Crippen molar-refractivity contribution in [2.24, 2.45) is 0 Å². The molecule has 0 aliphatic carbocycles. The summed E-state index contributed by atoms with van der Waals surface area (Å²) in [6.45, 7) is 3.27. The molecule has 2 rings (SSSR count). The lowest BCUT2D eigenvalue weighted by Gasteiger charge is -2.08. The normalized spacial score (nSPS) is 10.8. The van der Waals surface area contributed by atoms with Crippen LogP contribution in [0.5, 0.6) is 0 Å². The third-order valence-electron chi connectivity index (χ3n) is 7.03. The Hall–Kier alpha value is -2.89. The molecule has 0 unspecified atom stereocenters. The van der Waals surface area contributed by atoms with Crippen molar-refractivity contribution in [1.82, 2.24) is 10.3 Å². The summed E-state index contributed by atoms with van der Waals surface area (Å²) in [5.74, 6) is -0.243. The lowest BCUT2D eigenvalue weighted by atomic mass is 10.0. The van der Waals surface area contributed by atoms with Crippen molar-refractivity contribution in [1.29, 1.82) is 0 Å². The summed E-state index contributed by atoms with van der Waals surface area (Å²) in [4.78, 5) is 28.1. The average Bonchev–Trinajstić information content (AvgIpc) is 2.96. The number of rotatable bonds is 22. The van der Waals surface area contributed by atoms with Gasteiger partial charge in [-0.2, -0.15) is 0 Å². The summed E-state index contributed by atoms with van der Waals surface area (Å²) >= 11 is 0. The molecular formula is C33H51N3O3. The first-order valence-corrected chi connectivity index (χ1v) is 15.4. The van der Waals surface area contributed by atoms with Gasteiger partial charge in [0.15, 0.2) is 0 Å². The summed E-state index contributed by atoms with van der Waals surface area (Å²) in [5.41, 5.74) is 2.11. The van der Waals surface area contributed by atoms with Gasteiger partial charge in [-0.1, -0.05) is 121 Å². The highest BCUT2D eigenvalue weighted by Crippen LogP contribution is 2.14. The average molecular weight is 538 g/mol. The lowest BCUT2D eigenvalue weighted by molar-refractivity contribution is 0.102. The quantitative estimate of drug-likeness (QED) is 0.147. The zero-order chi connectivity index (χ0) is 27.8. The number of hydrogen-bond donors (Lipinski definition) is 2. The summed E-state index contributed by atoms with van der Waals surface area (Å²) in [6.07, 6.45) is 23.3. The largest absolute Gasteiger partial charge is 0.449 e. The van der Waals surface area contributed by atoms with E-state index in [1.54, 1.807) is 24.4 Å². The van der Waals surface area contributed by atoms with Gasteiger partial charge < -0.3 is 15.4 Å². The number of alkyl carbamates (subject to hydrolysis) is 1. The molecule has 2 aromatic rings. The number of carbonyl (C=O) groups is 2. The van der Waals surface area contributed by atoms with Crippen LogP contribution in [0.1, 0.15) is 126 Å². The van der Waals surface area contributed by atoms with E-state index in [1.807, 2.05) is 24.3 Å². The van der Waals surface area contributed by atoms with Crippen LogP contribution in [0.4, 0.5) is 10.5 Å². The first kappa shape index (κ1) is 32.3. The van der Waals surface area contributed by atoms with Gasteiger partial charge in [-0.15, -0.1) is 0 Å². The molecule has 0 spiro atoms. The Bertz CT molecular complexity index is 887. The van der Waals surface area contributed by atoms with Crippen LogP contribution in [0.15, 0.2) is 48.7 Å². The second-order valence-electron chi connectivity index (χ2n) is 10.5. The van der Waals surface area contributed by atoms with Crippen molar-refractivity contribution in [2.45, 2.75) is 116 Å². The van der Waals surface area contributed by atoms with Gasteiger partial charge in [0, 0.05) is 24.8 Å². The van der Waals surface area contributed by atoms with E-state index in [0.717, 1.165) is 18.4 Å². The number of nitrogens with one attached hydrogen (secondary N) is 2. The number of amides is 2. The standard InChI is InChI=1S/C33H51N3O3/c1-2-3-4-5-6-7-8-9-10-11-12-13-14-15-16-18-27-35-33(38)39-28-25-29-21-23-30(24-22-29)36-32(37)31-20-17-19-26-34-31/h17,19-24,26H,2-16,18,25,27-28H2,1H3,(H,35,38)(H,36,37). The molecule has 216 valence electrons. The number of unbranched alkanes of at least 4 members (excludes halogenated alkanes) is 15. The van der Waals surface area contributed by atoms with Crippen LogP contribution >= 0.6 is 0 Å². The van der Waals surface area contributed by atoms with Gasteiger partial charge in [0.25, 0.3) is 5.91 Å². The van der Waals surface area contributed by atoms with Crippen LogP contribution in [0.3, 0.4) is 0 Å². The Balaban J connectivity index is 1.37. The Kier molecular flexibility index (Phi) is 18.2. The fourth-order valence-electron chi connectivity index (χ4n) is 4.62. The minimum Gasteiger partial charge on any atom is -0.449 e. The van der Waals surface area contributed by atoms with Crippen LogP contribution in [0.2, 0.25) is 0 Å². The number of anilines is 1. The van der Waals surface area contributed by atoms with Gasteiger partial charge in [0.05, 0.1) is 6.61 Å². The number of carbonyl (C=O) groups excluding carboxylic acids is 2. The van der Waals surface area contributed by atoms with Crippen LogP contribution in [0, 0.1) is 0 Å². The van der Waals surface area contributed by atoms with Gasteiger partial charge in [-0.25, -0.2) is 4.79 Å². The minimum absolute atomic E-state index is 0.243. The third-order valence-corrected chi connectivity index (χ3v) is 7.03. The van der Waals surface area contributed by atoms with Gasteiger partial charge in [0.2, 0.25) is 0 Å². The first-order valence-electron chi connectivity index (χ1n) is 15.4. The van der Waals surface area contributed by atoms with E-state index >= 15 is 0 Å². The first-order chi connectivity index (χ1) is 19.2. The van der Waals surface area contributed by atoms with E-state index in [-0.39, 0.29) is 12.0 Å². The SMILES string of the molecule is CCCCCCCCCCCCCCCCCCNC(=O)OCCc1ccc(NC(=O)c2ccccn2)cc1. The van der Waals surface area contributed by atoms with Crippen molar-refractivity contribution < 1.29 is 14.3 Å². The molecule has 1 aromatic carbocycles. The number of benzene rings is 1. The topological polar surface area (TPSA) is 80.3 Å².